The van der Waals surface area contributed by atoms with Gasteiger partial charge >= 0.3 is 0 Å². The molecule has 2 aromatic rings. The van der Waals surface area contributed by atoms with E-state index in [1.165, 1.54) is 12.1 Å². The highest BCUT2D eigenvalue weighted by Crippen LogP contribution is 2.27. The van der Waals surface area contributed by atoms with Gasteiger partial charge in [-0.2, -0.15) is 0 Å². The molecule has 0 heterocycles. The third-order valence-electron chi connectivity index (χ3n) is 3.46. The van der Waals surface area contributed by atoms with Crippen LogP contribution in [0.5, 0.6) is 5.75 Å². The third-order valence-corrected chi connectivity index (χ3v) is 3.46. The van der Waals surface area contributed by atoms with Gasteiger partial charge in [0, 0.05) is 6.42 Å². The maximum absolute atomic E-state index is 12.9. The van der Waals surface area contributed by atoms with E-state index in [2.05, 4.69) is 0 Å². The lowest BCUT2D eigenvalue weighted by molar-refractivity contribution is 0.0990. The maximum atomic E-state index is 12.9. The van der Waals surface area contributed by atoms with Gasteiger partial charge in [0.05, 0.1) is 12.7 Å². The molecule has 0 saturated heterocycles. The fraction of sp³-hybridized carbons (Fsp3) is 0.235. The van der Waals surface area contributed by atoms with Crippen molar-refractivity contribution in [3.8, 4) is 5.75 Å². The van der Waals surface area contributed by atoms with Gasteiger partial charge in [-0.3, -0.25) is 4.79 Å². The molecule has 0 aliphatic rings. The van der Waals surface area contributed by atoms with Crippen molar-refractivity contribution in [2.24, 2.45) is 0 Å². The minimum atomic E-state index is -0.301. The van der Waals surface area contributed by atoms with Crippen LogP contribution in [0.1, 0.15) is 27.0 Å². The van der Waals surface area contributed by atoms with E-state index in [1.54, 1.807) is 25.3 Å². The van der Waals surface area contributed by atoms with Crippen LogP contribution in [0.4, 0.5) is 4.39 Å². The van der Waals surface area contributed by atoms with Gasteiger partial charge in [-0.15, -0.1) is 0 Å². The summed E-state index contributed by atoms with van der Waals surface area (Å²) in [4.78, 5) is 12.4. The van der Waals surface area contributed by atoms with E-state index >= 15 is 0 Å². The summed E-state index contributed by atoms with van der Waals surface area (Å²) in [6.45, 7) is 3.91. The van der Waals surface area contributed by atoms with Crippen LogP contribution in [0, 0.1) is 19.7 Å². The van der Waals surface area contributed by atoms with Crippen molar-refractivity contribution < 1.29 is 13.9 Å². The van der Waals surface area contributed by atoms with Crippen molar-refractivity contribution >= 4 is 5.78 Å². The predicted octanol–water partition coefficient (Wildman–Crippen LogP) is 3.88. The second-order valence-corrected chi connectivity index (χ2v) is 4.81. The molecule has 2 rings (SSSR count). The molecule has 0 bridgehead atoms. The van der Waals surface area contributed by atoms with E-state index in [4.69, 9.17) is 4.74 Å². The molecule has 0 atom stereocenters. The molecule has 0 unspecified atom stereocenters. The Morgan fingerprint density at radius 1 is 1.10 bits per heavy atom. The molecule has 0 amide bonds. The summed E-state index contributed by atoms with van der Waals surface area (Å²) in [6.07, 6.45) is 0.235. The number of benzene rings is 2. The maximum Gasteiger partial charge on any atom is 0.170 e. The van der Waals surface area contributed by atoms with Crippen molar-refractivity contribution in [2.75, 3.05) is 7.11 Å². The standard InChI is InChI=1S/C17H17FO2/c1-11-4-9-15(17(20-3)12(11)2)16(19)10-13-5-7-14(18)8-6-13/h4-9H,10H2,1-3H3. The number of Topliss-reactive ketones (excluding diaryl/α,β-unsaturated/α-hetero) is 1. The van der Waals surface area contributed by atoms with E-state index in [9.17, 15) is 9.18 Å². The van der Waals surface area contributed by atoms with Gasteiger partial charge in [0.2, 0.25) is 0 Å². The molecular weight excluding hydrogens is 255 g/mol. The molecule has 0 spiro atoms. The Bertz CT molecular complexity index is 630. The minimum absolute atomic E-state index is 0.0310. The first-order valence-corrected chi connectivity index (χ1v) is 6.44. The van der Waals surface area contributed by atoms with Gasteiger partial charge in [0.15, 0.2) is 5.78 Å². The first kappa shape index (κ1) is 14.3. The van der Waals surface area contributed by atoms with Crippen LogP contribution in [-0.2, 0) is 6.42 Å². The number of rotatable bonds is 4. The highest BCUT2D eigenvalue weighted by atomic mass is 19.1. The lowest BCUT2D eigenvalue weighted by Crippen LogP contribution is -2.07. The largest absolute Gasteiger partial charge is 0.496 e. The zero-order valence-corrected chi connectivity index (χ0v) is 11.9. The zero-order chi connectivity index (χ0) is 14.7. The molecule has 3 heteroatoms. The van der Waals surface area contributed by atoms with Gasteiger partial charge in [-0.05, 0) is 48.7 Å². The molecule has 104 valence electrons. The van der Waals surface area contributed by atoms with Crippen molar-refractivity contribution in [1.29, 1.82) is 0 Å². The van der Waals surface area contributed by atoms with E-state index in [0.29, 0.717) is 11.3 Å². The molecule has 2 nitrogen and oxygen atoms in total. The number of methoxy groups -OCH3 is 1. The lowest BCUT2D eigenvalue weighted by atomic mass is 9.98. The lowest BCUT2D eigenvalue weighted by Gasteiger charge is -2.12. The van der Waals surface area contributed by atoms with E-state index in [0.717, 1.165) is 16.7 Å². The highest BCUT2D eigenvalue weighted by Gasteiger charge is 2.15. The second kappa shape index (κ2) is 5.87. The van der Waals surface area contributed by atoms with Crippen LogP contribution in [0.3, 0.4) is 0 Å². The summed E-state index contributed by atoms with van der Waals surface area (Å²) in [7, 11) is 1.57. The monoisotopic (exact) mass is 272 g/mol. The van der Waals surface area contributed by atoms with Crippen molar-refractivity contribution in [3.05, 3.63) is 64.5 Å². The smallest absolute Gasteiger partial charge is 0.170 e. The average Bonchev–Trinajstić information content (AvgIpc) is 2.44. The number of carbonyl (C=O) groups is 1. The topological polar surface area (TPSA) is 26.3 Å². The van der Waals surface area contributed by atoms with Crippen LogP contribution < -0.4 is 4.74 Å². The molecule has 0 aliphatic heterocycles. The van der Waals surface area contributed by atoms with Crippen LogP contribution >= 0.6 is 0 Å². The fourth-order valence-corrected chi connectivity index (χ4v) is 2.16. The van der Waals surface area contributed by atoms with Gasteiger partial charge in [-0.25, -0.2) is 4.39 Å². The summed E-state index contributed by atoms with van der Waals surface area (Å²) in [5, 5.41) is 0. The number of halogens is 1. The number of hydrogen-bond acceptors (Lipinski definition) is 2. The third kappa shape index (κ3) is 2.87. The Morgan fingerprint density at radius 2 is 1.75 bits per heavy atom. The van der Waals surface area contributed by atoms with Crippen molar-refractivity contribution in [3.63, 3.8) is 0 Å². The number of aryl methyl sites for hydroxylation is 1. The van der Waals surface area contributed by atoms with Gasteiger partial charge in [0.25, 0.3) is 0 Å². The minimum Gasteiger partial charge on any atom is -0.496 e. The first-order chi connectivity index (χ1) is 9.52. The molecule has 2 aromatic carbocycles. The van der Waals surface area contributed by atoms with Gasteiger partial charge < -0.3 is 4.74 Å². The van der Waals surface area contributed by atoms with E-state index in [1.807, 2.05) is 19.9 Å². The average molecular weight is 272 g/mol. The second-order valence-electron chi connectivity index (χ2n) is 4.81. The molecule has 0 saturated carbocycles. The summed E-state index contributed by atoms with van der Waals surface area (Å²) in [5.41, 5.74) is 3.41. The molecule has 0 fully saturated rings. The number of ketones is 1. The number of carbonyl (C=O) groups excluding carboxylic acids is 1. The summed E-state index contributed by atoms with van der Waals surface area (Å²) in [5.74, 6) is 0.290. The Labute approximate surface area is 118 Å². The Balaban J connectivity index is 2.30. The quantitative estimate of drug-likeness (QED) is 0.790. The number of hydrogen-bond donors (Lipinski definition) is 0. The predicted molar refractivity (Wildman–Crippen MR) is 76.9 cm³/mol. The van der Waals surface area contributed by atoms with Gasteiger partial charge in [0.1, 0.15) is 11.6 Å². The number of ether oxygens (including phenoxy) is 1. The van der Waals surface area contributed by atoms with Crippen LogP contribution in [-0.4, -0.2) is 12.9 Å². The zero-order valence-electron chi connectivity index (χ0n) is 11.9. The molecule has 0 N–H and O–H groups in total. The van der Waals surface area contributed by atoms with Gasteiger partial charge in [-0.1, -0.05) is 18.2 Å². The summed E-state index contributed by atoms with van der Waals surface area (Å²) < 4.78 is 18.2. The fourth-order valence-electron chi connectivity index (χ4n) is 2.16. The van der Waals surface area contributed by atoms with Crippen LogP contribution in [0.25, 0.3) is 0 Å². The van der Waals surface area contributed by atoms with Crippen LogP contribution in [0.15, 0.2) is 36.4 Å². The van der Waals surface area contributed by atoms with Crippen molar-refractivity contribution in [1.82, 2.24) is 0 Å². The highest BCUT2D eigenvalue weighted by molar-refractivity contribution is 6.00. The molecule has 0 aromatic heterocycles. The van der Waals surface area contributed by atoms with E-state index < -0.39 is 0 Å². The Morgan fingerprint density at radius 3 is 2.35 bits per heavy atom. The summed E-state index contributed by atoms with van der Waals surface area (Å²) >= 11 is 0. The Kier molecular flexibility index (Phi) is 4.18. The normalized spacial score (nSPS) is 10.4. The first-order valence-electron chi connectivity index (χ1n) is 6.44. The SMILES string of the molecule is COc1c(C(=O)Cc2ccc(F)cc2)ccc(C)c1C. The Hall–Kier alpha value is -2.16. The van der Waals surface area contributed by atoms with Crippen LogP contribution in [0.2, 0.25) is 0 Å². The van der Waals surface area contributed by atoms with E-state index in [-0.39, 0.29) is 18.0 Å². The van der Waals surface area contributed by atoms with Crippen molar-refractivity contribution in [2.45, 2.75) is 20.3 Å². The molecule has 0 radical (unpaired) electrons. The summed E-state index contributed by atoms with van der Waals surface area (Å²) in [6, 6.07) is 9.67. The molecule has 20 heavy (non-hydrogen) atoms. The molecule has 0 aliphatic carbocycles. The molecular formula is C17H17FO2.